The summed E-state index contributed by atoms with van der Waals surface area (Å²) in [5.41, 5.74) is 5.48. The molecule has 0 bridgehead atoms. The lowest BCUT2D eigenvalue weighted by atomic mass is 9.96. The molecule has 2 aromatic rings. The third kappa shape index (κ3) is 6.42. The van der Waals surface area contributed by atoms with Crippen molar-refractivity contribution in [3.05, 3.63) is 89.5 Å². The van der Waals surface area contributed by atoms with E-state index in [9.17, 15) is 4.79 Å². The zero-order chi connectivity index (χ0) is 24.5. The third-order valence-corrected chi connectivity index (χ3v) is 6.79. The number of piperidine rings is 2. The number of carbonyl (C=O) groups is 1. The zero-order valence-electron chi connectivity index (χ0n) is 20.2. The van der Waals surface area contributed by atoms with Crippen LogP contribution in [0.4, 0.5) is 11.4 Å². The number of anilines is 2. The summed E-state index contributed by atoms with van der Waals surface area (Å²) in [6.07, 6.45) is 14.3. The number of benzene rings is 2. The number of aliphatic carboxylic acids is 1. The van der Waals surface area contributed by atoms with Crippen LogP contribution in [0.2, 0.25) is 0 Å². The Labute approximate surface area is 208 Å². The minimum absolute atomic E-state index is 0.284. The highest BCUT2D eigenvalue weighted by atomic mass is 16.4. The summed E-state index contributed by atoms with van der Waals surface area (Å²) < 4.78 is 0. The van der Waals surface area contributed by atoms with E-state index in [1.54, 1.807) is 18.2 Å². The van der Waals surface area contributed by atoms with Gasteiger partial charge in [0.2, 0.25) is 0 Å². The Morgan fingerprint density at radius 3 is 1.54 bits per heavy atom. The van der Waals surface area contributed by atoms with Crippen molar-refractivity contribution < 1.29 is 9.90 Å². The second kappa shape index (κ2) is 12.1. The predicted octanol–water partition coefficient (Wildman–Crippen LogP) is 6.19. The van der Waals surface area contributed by atoms with Crippen LogP contribution in [0.25, 0.3) is 5.57 Å². The third-order valence-electron chi connectivity index (χ3n) is 6.79. The first-order chi connectivity index (χ1) is 17.2. The van der Waals surface area contributed by atoms with Gasteiger partial charge in [-0.15, -0.1) is 0 Å². The topological polar surface area (TPSA) is 67.6 Å². The summed E-state index contributed by atoms with van der Waals surface area (Å²) in [6, 6.07) is 19.1. The molecule has 0 aromatic heterocycles. The molecule has 0 amide bonds. The van der Waals surface area contributed by atoms with Gasteiger partial charge >= 0.3 is 5.97 Å². The summed E-state index contributed by atoms with van der Waals surface area (Å²) in [5, 5.41) is 18.0. The predicted molar refractivity (Wildman–Crippen MR) is 143 cm³/mol. The fourth-order valence-electron chi connectivity index (χ4n) is 4.83. The maximum atomic E-state index is 11.1. The van der Waals surface area contributed by atoms with Crippen LogP contribution >= 0.6 is 0 Å². The molecule has 2 fully saturated rings. The molecule has 5 heteroatoms. The van der Waals surface area contributed by atoms with E-state index in [0.717, 1.165) is 42.9 Å². The van der Waals surface area contributed by atoms with Gasteiger partial charge in [-0.05, 0) is 85.6 Å². The first-order valence-electron chi connectivity index (χ1n) is 12.6. The van der Waals surface area contributed by atoms with Crippen LogP contribution in [0.1, 0.15) is 49.7 Å². The standard InChI is InChI=1S/C30H33N3O2/c31-23-26(30(34)35)9-3-4-10-29(24-11-15-27(16-12-24)32-19-5-1-6-20-32)25-13-17-28(18-14-25)33-21-7-2-8-22-33/h3-4,9-18H,1-2,5-8,19-22H2,(H,34,35). The molecule has 0 spiro atoms. The van der Waals surface area contributed by atoms with E-state index in [-0.39, 0.29) is 5.57 Å². The fraction of sp³-hybridized carbons (Fsp3) is 0.333. The van der Waals surface area contributed by atoms with Crippen LogP contribution in [0, 0.1) is 11.3 Å². The van der Waals surface area contributed by atoms with Crippen molar-refractivity contribution >= 4 is 22.9 Å². The van der Waals surface area contributed by atoms with Gasteiger partial charge in [0, 0.05) is 37.6 Å². The van der Waals surface area contributed by atoms with Gasteiger partial charge in [0.05, 0.1) is 0 Å². The van der Waals surface area contributed by atoms with E-state index >= 15 is 0 Å². The Morgan fingerprint density at radius 2 is 1.14 bits per heavy atom. The summed E-state index contributed by atoms with van der Waals surface area (Å²) in [5.74, 6) is -1.22. The van der Waals surface area contributed by atoms with Gasteiger partial charge in [0.1, 0.15) is 11.6 Å². The Morgan fingerprint density at radius 1 is 0.714 bits per heavy atom. The zero-order valence-corrected chi connectivity index (χ0v) is 20.2. The molecule has 5 nitrogen and oxygen atoms in total. The highest BCUT2D eigenvalue weighted by Gasteiger charge is 2.13. The molecule has 0 aliphatic carbocycles. The molecule has 0 saturated carbocycles. The van der Waals surface area contributed by atoms with Crippen molar-refractivity contribution in [2.75, 3.05) is 36.0 Å². The SMILES string of the molecule is N#CC(=CC=CC=C(c1ccc(N2CCCCC2)cc1)c1ccc(N2CCCCC2)cc1)C(=O)O. The molecule has 2 aliphatic heterocycles. The van der Waals surface area contributed by atoms with E-state index in [2.05, 4.69) is 58.3 Å². The van der Waals surface area contributed by atoms with E-state index in [0.29, 0.717) is 0 Å². The fourth-order valence-corrected chi connectivity index (χ4v) is 4.83. The van der Waals surface area contributed by atoms with Crippen molar-refractivity contribution in [3.63, 3.8) is 0 Å². The molecule has 4 rings (SSSR count). The molecule has 1 N–H and O–H groups in total. The number of rotatable bonds is 7. The lowest BCUT2D eigenvalue weighted by Crippen LogP contribution is -2.29. The number of carboxylic acid groups (broad SMARTS) is 1. The Bertz CT molecular complexity index is 1060. The van der Waals surface area contributed by atoms with Gasteiger partial charge in [-0.1, -0.05) is 42.5 Å². The molecule has 2 saturated heterocycles. The number of nitrogens with zero attached hydrogens (tertiary/aromatic N) is 3. The quantitative estimate of drug-likeness (QED) is 0.299. The lowest BCUT2D eigenvalue weighted by Gasteiger charge is -2.29. The highest BCUT2D eigenvalue weighted by Crippen LogP contribution is 2.29. The van der Waals surface area contributed by atoms with Crippen LogP contribution in [-0.2, 0) is 4.79 Å². The molecule has 180 valence electrons. The minimum Gasteiger partial charge on any atom is -0.477 e. The van der Waals surface area contributed by atoms with Crippen LogP contribution in [0.15, 0.2) is 78.4 Å². The Hall–Kier alpha value is -3.78. The average Bonchev–Trinajstić information content (AvgIpc) is 2.92. The average molecular weight is 468 g/mol. The smallest absolute Gasteiger partial charge is 0.346 e. The second-order valence-electron chi connectivity index (χ2n) is 9.15. The summed E-state index contributed by atoms with van der Waals surface area (Å²) in [6.45, 7) is 4.44. The molecular formula is C30H33N3O2. The van der Waals surface area contributed by atoms with E-state index in [1.807, 2.05) is 6.08 Å². The summed E-state index contributed by atoms with van der Waals surface area (Å²) in [7, 11) is 0. The van der Waals surface area contributed by atoms with Crippen LogP contribution < -0.4 is 9.80 Å². The lowest BCUT2D eigenvalue weighted by molar-refractivity contribution is -0.132. The van der Waals surface area contributed by atoms with Gasteiger partial charge in [-0.2, -0.15) is 5.26 Å². The van der Waals surface area contributed by atoms with Crippen molar-refractivity contribution in [2.24, 2.45) is 0 Å². The summed E-state index contributed by atoms with van der Waals surface area (Å²) in [4.78, 5) is 16.0. The Balaban J connectivity index is 1.61. The molecule has 2 aromatic carbocycles. The minimum atomic E-state index is -1.22. The summed E-state index contributed by atoms with van der Waals surface area (Å²) >= 11 is 0. The molecule has 0 radical (unpaired) electrons. The molecule has 0 atom stereocenters. The van der Waals surface area contributed by atoms with Gasteiger partial charge in [-0.25, -0.2) is 4.79 Å². The second-order valence-corrected chi connectivity index (χ2v) is 9.15. The molecule has 2 heterocycles. The number of hydrogen-bond donors (Lipinski definition) is 1. The number of nitriles is 1. The van der Waals surface area contributed by atoms with Crippen LogP contribution in [0.3, 0.4) is 0 Å². The first kappa shape index (κ1) is 24.3. The van der Waals surface area contributed by atoms with Crippen molar-refractivity contribution in [1.82, 2.24) is 0 Å². The first-order valence-corrected chi connectivity index (χ1v) is 12.6. The monoisotopic (exact) mass is 467 g/mol. The molecule has 2 aliphatic rings. The van der Waals surface area contributed by atoms with Gasteiger partial charge in [0.25, 0.3) is 0 Å². The van der Waals surface area contributed by atoms with Crippen molar-refractivity contribution in [2.45, 2.75) is 38.5 Å². The normalized spacial score (nSPS) is 16.7. The van der Waals surface area contributed by atoms with Crippen molar-refractivity contribution in [3.8, 4) is 6.07 Å². The maximum absolute atomic E-state index is 11.1. The van der Waals surface area contributed by atoms with Gasteiger partial charge in [0.15, 0.2) is 0 Å². The highest BCUT2D eigenvalue weighted by molar-refractivity contribution is 5.91. The Kier molecular flexibility index (Phi) is 8.40. The number of allylic oxidation sites excluding steroid dienone is 4. The van der Waals surface area contributed by atoms with Crippen LogP contribution in [-0.4, -0.2) is 37.3 Å². The molecule has 0 unspecified atom stereocenters. The van der Waals surface area contributed by atoms with E-state index in [1.165, 1.54) is 56.0 Å². The van der Waals surface area contributed by atoms with E-state index in [4.69, 9.17) is 10.4 Å². The van der Waals surface area contributed by atoms with E-state index < -0.39 is 5.97 Å². The van der Waals surface area contributed by atoms with Gasteiger partial charge in [-0.3, -0.25) is 0 Å². The van der Waals surface area contributed by atoms with Crippen LogP contribution in [0.5, 0.6) is 0 Å². The van der Waals surface area contributed by atoms with Crippen molar-refractivity contribution in [1.29, 1.82) is 5.26 Å². The number of carboxylic acids is 1. The molecular weight excluding hydrogens is 434 g/mol. The maximum Gasteiger partial charge on any atom is 0.346 e. The van der Waals surface area contributed by atoms with Gasteiger partial charge < -0.3 is 14.9 Å². The number of hydrogen-bond acceptors (Lipinski definition) is 4. The largest absolute Gasteiger partial charge is 0.477 e. The molecule has 35 heavy (non-hydrogen) atoms.